The number of piperazine rings is 1. The van der Waals surface area contributed by atoms with E-state index in [1.54, 1.807) is 0 Å². The maximum absolute atomic E-state index is 4.97. The number of nitrogens with zero attached hydrogens (tertiary/aromatic N) is 4. The Hall–Kier alpha value is -0.460. The Balaban J connectivity index is 1.96. The lowest BCUT2D eigenvalue weighted by molar-refractivity contribution is 0.119. The molecule has 1 N–H and O–H groups in total. The third kappa shape index (κ3) is 5.03. The van der Waals surface area contributed by atoms with Crippen LogP contribution in [0.1, 0.15) is 20.3 Å². The van der Waals surface area contributed by atoms with E-state index in [0.29, 0.717) is 6.04 Å². The van der Waals surface area contributed by atoms with Gasteiger partial charge in [0, 0.05) is 56.3 Å². The van der Waals surface area contributed by atoms with Crippen LogP contribution in [0.25, 0.3) is 0 Å². The molecular formula is C16H33N5S. The normalized spacial score (nSPS) is 28.9. The molecule has 0 spiro atoms. The largest absolute Gasteiger partial charge is 0.357 e. The van der Waals surface area contributed by atoms with Crippen molar-refractivity contribution in [1.29, 1.82) is 0 Å². The molecule has 2 unspecified atom stereocenters. The number of aliphatic imine (C=N–C) groups is 1. The molecule has 0 aromatic rings. The standard InChI is InChI=1S/C16H33N5S/c1-5-15-13-21(9-10-22-15)16(17-6-2)18-11-14-12-19(3)7-8-20(14)4/h14-15H,5-13H2,1-4H3,(H,17,18). The van der Waals surface area contributed by atoms with Gasteiger partial charge in [-0.05, 0) is 27.4 Å². The first-order valence-corrected chi connectivity index (χ1v) is 9.72. The van der Waals surface area contributed by atoms with Crippen molar-refractivity contribution in [3.8, 4) is 0 Å². The number of rotatable bonds is 4. The van der Waals surface area contributed by atoms with Crippen LogP contribution in [0, 0.1) is 0 Å². The molecule has 5 nitrogen and oxygen atoms in total. The lowest BCUT2D eigenvalue weighted by Gasteiger charge is -2.38. The van der Waals surface area contributed by atoms with Crippen LogP contribution in [-0.4, -0.2) is 97.6 Å². The van der Waals surface area contributed by atoms with Crippen molar-refractivity contribution < 1.29 is 0 Å². The van der Waals surface area contributed by atoms with Crippen LogP contribution < -0.4 is 5.32 Å². The molecule has 0 radical (unpaired) electrons. The summed E-state index contributed by atoms with van der Waals surface area (Å²) in [5.74, 6) is 2.33. The summed E-state index contributed by atoms with van der Waals surface area (Å²) in [5.41, 5.74) is 0. The van der Waals surface area contributed by atoms with E-state index >= 15 is 0 Å². The Morgan fingerprint density at radius 2 is 2.00 bits per heavy atom. The molecule has 2 aliphatic rings. The van der Waals surface area contributed by atoms with E-state index in [0.717, 1.165) is 57.0 Å². The van der Waals surface area contributed by atoms with Crippen LogP contribution in [0.4, 0.5) is 0 Å². The maximum Gasteiger partial charge on any atom is 0.194 e. The van der Waals surface area contributed by atoms with Crippen LogP contribution in [-0.2, 0) is 0 Å². The minimum Gasteiger partial charge on any atom is -0.357 e. The monoisotopic (exact) mass is 327 g/mol. The van der Waals surface area contributed by atoms with Gasteiger partial charge in [-0.25, -0.2) is 0 Å². The number of likely N-dealkylation sites (N-methyl/N-ethyl adjacent to an activating group) is 2. The zero-order valence-electron chi connectivity index (χ0n) is 14.7. The van der Waals surface area contributed by atoms with Crippen molar-refractivity contribution in [1.82, 2.24) is 20.0 Å². The Morgan fingerprint density at radius 3 is 2.73 bits per heavy atom. The molecule has 0 aliphatic carbocycles. The molecule has 0 aromatic heterocycles. The number of hydrogen-bond donors (Lipinski definition) is 1. The molecule has 128 valence electrons. The van der Waals surface area contributed by atoms with E-state index in [9.17, 15) is 0 Å². The van der Waals surface area contributed by atoms with Crippen LogP contribution in [0.3, 0.4) is 0 Å². The van der Waals surface area contributed by atoms with Crippen molar-refractivity contribution in [2.45, 2.75) is 31.6 Å². The molecule has 2 atom stereocenters. The van der Waals surface area contributed by atoms with Crippen LogP contribution in [0.5, 0.6) is 0 Å². The van der Waals surface area contributed by atoms with Crippen molar-refractivity contribution in [2.24, 2.45) is 4.99 Å². The Morgan fingerprint density at radius 1 is 1.18 bits per heavy atom. The van der Waals surface area contributed by atoms with Crippen LogP contribution in [0.2, 0.25) is 0 Å². The van der Waals surface area contributed by atoms with E-state index in [1.807, 2.05) is 0 Å². The van der Waals surface area contributed by atoms with E-state index in [2.05, 4.69) is 59.7 Å². The first kappa shape index (κ1) is 17.9. The van der Waals surface area contributed by atoms with Gasteiger partial charge < -0.3 is 15.1 Å². The van der Waals surface area contributed by atoms with Crippen LogP contribution >= 0.6 is 11.8 Å². The molecule has 2 heterocycles. The fourth-order valence-electron chi connectivity index (χ4n) is 3.07. The summed E-state index contributed by atoms with van der Waals surface area (Å²) >= 11 is 2.11. The molecule has 6 heteroatoms. The summed E-state index contributed by atoms with van der Waals surface area (Å²) < 4.78 is 0. The highest BCUT2D eigenvalue weighted by atomic mass is 32.2. The highest BCUT2D eigenvalue weighted by molar-refractivity contribution is 8.00. The van der Waals surface area contributed by atoms with E-state index in [1.165, 1.54) is 12.2 Å². The molecule has 0 saturated carbocycles. The van der Waals surface area contributed by atoms with Gasteiger partial charge in [-0.3, -0.25) is 9.89 Å². The third-order valence-corrected chi connectivity index (χ3v) is 6.03. The summed E-state index contributed by atoms with van der Waals surface area (Å²) in [7, 11) is 4.44. The van der Waals surface area contributed by atoms with E-state index < -0.39 is 0 Å². The Kier molecular flexibility index (Phi) is 7.31. The van der Waals surface area contributed by atoms with E-state index in [4.69, 9.17) is 4.99 Å². The average Bonchev–Trinajstić information content (AvgIpc) is 2.54. The van der Waals surface area contributed by atoms with Gasteiger partial charge in [-0.2, -0.15) is 11.8 Å². The number of nitrogens with one attached hydrogen (secondary N) is 1. The summed E-state index contributed by atoms with van der Waals surface area (Å²) in [6, 6.07) is 0.536. The van der Waals surface area contributed by atoms with Crippen molar-refractivity contribution in [3.63, 3.8) is 0 Å². The molecular weight excluding hydrogens is 294 g/mol. The average molecular weight is 328 g/mol. The molecule has 2 fully saturated rings. The van der Waals surface area contributed by atoms with Gasteiger partial charge in [-0.1, -0.05) is 6.92 Å². The minimum absolute atomic E-state index is 0.536. The molecule has 0 bridgehead atoms. The summed E-state index contributed by atoms with van der Waals surface area (Å²) in [6.45, 7) is 12.0. The Labute approximate surface area is 140 Å². The third-order valence-electron chi connectivity index (χ3n) is 4.66. The van der Waals surface area contributed by atoms with Crippen molar-refractivity contribution in [2.75, 3.05) is 65.7 Å². The summed E-state index contributed by atoms with van der Waals surface area (Å²) in [4.78, 5) is 12.3. The first-order chi connectivity index (χ1) is 10.6. The van der Waals surface area contributed by atoms with Gasteiger partial charge in [0.05, 0.1) is 6.54 Å². The van der Waals surface area contributed by atoms with Gasteiger partial charge in [0.2, 0.25) is 0 Å². The minimum atomic E-state index is 0.536. The molecule has 2 saturated heterocycles. The number of thioether (sulfide) groups is 1. The molecule has 2 aliphatic heterocycles. The highest BCUT2D eigenvalue weighted by Gasteiger charge is 2.24. The highest BCUT2D eigenvalue weighted by Crippen LogP contribution is 2.21. The fourth-order valence-corrected chi connectivity index (χ4v) is 4.26. The van der Waals surface area contributed by atoms with Gasteiger partial charge in [-0.15, -0.1) is 0 Å². The van der Waals surface area contributed by atoms with Gasteiger partial charge >= 0.3 is 0 Å². The molecule has 22 heavy (non-hydrogen) atoms. The Bertz CT molecular complexity index is 362. The van der Waals surface area contributed by atoms with Gasteiger partial charge in [0.15, 0.2) is 5.96 Å². The van der Waals surface area contributed by atoms with Crippen molar-refractivity contribution >= 4 is 17.7 Å². The lowest BCUT2D eigenvalue weighted by atomic mass is 10.2. The summed E-state index contributed by atoms with van der Waals surface area (Å²) in [6.07, 6.45) is 1.25. The lowest BCUT2D eigenvalue weighted by Crippen LogP contribution is -2.52. The summed E-state index contributed by atoms with van der Waals surface area (Å²) in [5, 5.41) is 4.25. The smallest absolute Gasteiger partial charge is 0.194 e. The van der Waals surface area contributed by atoms with E-state index in [-0.39, 0.29) is 0 Å². The SMILES string of the molecule is CCNC(=NCC1CN(C)CCN1C)N1CCSC(CC)C1. The maximum atomic E-state index is 4.97. The van der Waals surface area contributed by atoms with Gasteiger partial charge in [0.25, 0.3) is 0 Å². The topological polar surface area (TPSA) is 34.1 Å². The number of guanidine groups is 1. The molecule has 2 rings (SSSR count). The second-order valence-corrected chi connectivity index (χ2v) is 7.85. The second kappa shape index (κ2) is 8.99. The predicted molar refractivity (Wildman–Crippen MR) is 98.0 cm³/mol. The second-order valence-electron chi connectivity index (χ2n) is 6.44. The van der Waals surface area contributed by atoms with Crippen molar-refractivity contribution in [3.05, 3.63) is 0 Å². The predicted octanol–water partition coefficient (Wildman–Crippen LogP) is 1.03. The molecule has 0 amide bonds. The quantitative estimate of drug-likeness (QED) is 0.616. The fraction of sp³-hybridized carbons (Fsp3) is 0.938. The zero-order valence-corrected chi connectivity index (χ0v) is 15.5. The number of hydrogen-bond acceptors (Lipinski definition) is 4. The van der Waals surface area contributed by atoms with Crippen LogP contribution in [0.15, 0.2) is 4.99 Å². The molecule has 0 aromatic carbocycles. The van der Waals surface area contributed by atoms with Gasteiger partial charge in [0.1, 0.15) is 0 Å². The first-order valence-electron chi connectivity index (χ1n) is 8.67. The zero-order chi connectivity index (χ0) is 15.9.